The summed E-state index contributed by atoms with van der Waals surface area (Å²) in [5.74, 6) is 0.260. The third-order valence-electron chi connectivity index (χ3n) is 7.05. The molecular weight excluding hydrogens is 454 g/mol. The monoisotopic (exact) mass is 507 g/mol. The third kappa shape index (κ3) is 11.0. The number of hydrogen-bond acceptors (Lipinski definition) is 5. The van der Waals surface area contributed by atoms with Crippen LogP contribution in [-0.2, 0) is 19.1 Å². The van der Waals surface area contributed by atoms with Gasteiger partial charge in [-0.25, -0.2) is 0 Å². The maximum Gasteiger partial charge on any atom is 0.236 e. The van der Waals surface area contributed by atoms with Crippen molar-refractivity contribution in [3.63, 3.8) is 0 Å². The van der Waals surface area contributed by atoms with Gasteiger partial charge in [0.15, 0.2) is 0 Å². The minimum atomic E-state index is -0.418. The Kier molecular flexibility index (Phi) is 18.1. The number of nitrogens with one attached hydrogen (secondary N) is 1. The predicted molar refractivity (Wildman–Crippen MR) is 150 cm³/mol. The van der Waals surface area contributed by atoms with Crippen LogP contribution in [0.4, 0.5) is 0 Å². The van der Waals surface area contributed by atoms with Crippen molar-refractivity contribution in [2.45, 2.75) is 84.6 Å². The maximum absolute atomic E-state index is 13.8. The number of hydrogen-bond donors (Lipinski definition) is 1. The average molecular weight is 508 g/mol. The molecule has 208 valence electrons. The topological polar surface area (TPSA) is 71.1 Å². The number of methoxy groups -OCH3 is 2. The molecule has 0 bridgehead atoms. The lowest BCUT2D eigenvalue weighted by atomic mass is 9.90. The summed E-state index contributed by atoms with van der Waals surface area (Å²) in [6.07, 6.45) is 9.42. The zero-order valence-electron chi connectivity index (χ0n) is 24.2. The summed E-state index contributed by atoms with van der Waals surface area (Å²) < 4.78 is 11.8. The molecule has 0 saturated carbocycles. The Morgan fingerprint density at radius 2 is 1.72 bits per heavy atom. The summed E-state index contributed by atoms with van der Waals surface area (Å²) in [5, 5.41) is 2.93. The number of likely N-dealkylation sites (N-methyl/N-ethyl adjacent to an activating group) is 2. The van der Waals surface area contributed by atoms with Gasteiger partial charge in [-0.15, -0.1) is 0 Å². The van der Waals surface area contributed by atoms with Crippen molar-refractivity contribution in [1.29, 1.82) is 0 Å². The minimum Gasteiger partial charge on any atom is -0.379 e. The van der Waals surface area contributed by atoms with Gasteiger partial charge in [0, 0.05) is 33.7 Å². The van der Waals surface area contributed by atoms with Gasteiger partial charge in [0.1, 0.15) is 6.23 Å². The van der Waals surface area contributed by atoms with Crippen molar-refractivity contribution in [3.05, 3.63) is 37.0 Å². The molecular formula is C29H53N3O4. The van der Waals surface area contributed by atoms with E-state index in [-0.39, 0.29) is 48.9 Å². The first kappa shape index (κ1) is 34.0. The number of carbonyl (C=O) groups excluding carboxylic acids is 2. The molecule has 0 aliphatic carbocycles. The lowest BCUT2D eigenvalue weighted by Gasteiger charge is -2.40. The molecule has 7 nitrogen and oxygen atoms in total. The predicted octanol–water partition coefficient (Wildman–Crippen LogP) is 4.80. The van der Waals surface area contributed by atoms with Gasteiger partial charge in [0.2, 0.25) is 11.8 Å². The molecule has 1 N–H and O–H groups in total. The van der Waals surface area contributed by atoms with Crippen LogP contribution in [-0.4, -0.2) is 81.4 Å². The molecule has 0 aromatic carbocycles. The van der Waals surface area contributed by atoms with E-state index in [4.69, 9.17) is 9.47 Å². The highest BCUT2D eigenvalue weighted by Crippen LogP contribution is 2.25. The van der Waals surface area contributed by atoms with Gasteiger partial charge in [-0.1, -0.05) is 71.9 Å². The molecule has 36 heavy (non-hydrogen) atoms. The number of unbranched alkanes of at least 4 members (excludes halogenated alkanes) is 1. The quantitative estimate of drug-likeness (QED) is 0.189. The van der Waals surface area contributed by atoms with E-state index in [9.17, 15) is 9.59 Å². The zero-order valence-corrected chi connectivity index (χ0v) is 24.2. The van der Waals surface area contributed by atoms with Gasteiger partial charge in [-0.05, 0) is 37.8 Å². The smallest absolute Gasteiger partial charge is 0.236 e. The maximum atomic E-state index is 13.8. The summed E-state index contributed by atoms with van der Waals surface area (Å²) in [5.41, 5.74) is 1.11. The fourth-order valence-electron chi connectivity index (χ4n) is 4.64. The van der Waals surface area contributed by atoms with E-state index in [0.717, 1.165) is 37.7 Å². The largest absolute Gasteiger partial charge is 0.379 e. The van der Waals surface area contributed by atoms with Gasteiger partial charge >= 0.3 is 0 Å². The second-order valence-corrected chi connectivity index (χ2v) is 9.65. The molecule has 0 aliphatic rings. The molecule has 5 atom stereocenters. The molecule has 0 rings (SSSR count). The Labute approximate surface area is 221 Å². The van der Waals surface area contributed by atoms with E-state index < -0.39 is 6.10 Å². The van der Waals surface area contributed by atoms with Gasteiger partial charge in [-0.2, -0.15) is 0 Å². The Hall–Kier alpha value is -1.96. The van der Waals surface area contributed by atoms with E-state index in [1.54, 1.807) is 39.3 Å². The minimum absolute atomic E-state index is 0.0117. The molecule has 0 spiro atoms. The SMILES string of the molecule is C=C/C=C(\C=C)CCC(C)C(OC)N(CCCC)C(=O)CC(OC)C(C(C)CC)N(C)C(=O)CNC. The molecule has 0 aliphatic heterocycles. The van der Waals surface area contributed by atoms with Crippen molar-refractivity contribution in [2.24, 2.45) is 11.8 Å². The number of ether oxygens (including phenoxy) is 2. The fraction of sp³-hybridized carbons (Fsp3) is 0.724. The number of rotatable bonds is 20. The van der Waals surface area contributed by atoms with Crippen molar-refractivity contribution in [1.82, 2.24) is 15.1 Å². The number of allylic oxidation sites excluding steroid dienone is 4. The van der Waals surface area contributed by atoms with Crippen LogP contribution >= 0.6 is 0 Å². The van der Waals surface area contributed by atoms with Gasteiger partial charge in [-0.3, -0.25) is 9.59 Å². The standard InChI is InChI=1S/C29H53N3O4/c1-11-15-19-32(29(36-10)23(6)17-18-24(14-4)16-12-2)26(33)20-25(35-9)28(22(5)13-3)31(8)27(34)21-30-7/h12,14,16,22-23,25,28-30H,2,4,11,13,15,17-21H2,1,3,5-10H3/b24-16+. The Bertz CT molecular complexity index is 694. The Balaban J connectivity index is 5.85. The number of nitrogens with zero attached hydrogens (tertiary/aromatic N) is 2. The van der Waals surface area contributed by atoms with Crippen LogP contribution in [0.25, 0.3) is 0 Å². The third-order valence-corrected chi connectivity index (χ3v) is 7.05. The Morgan fingerprint density at radius 3 is 2.19 bits per heavy atom. The summed E-state index contributed by atoms with van der Waals surface area (Å²) >= 11 is 0. The summed E-state index contributed by atoms with van der Waals surface area (Å²) in [6, 6.07) is -0.213. The first-order valence-corrected chi connectivity index (χ1v) is 13.4. The molecule has 0 radical (unpaired) electrons. The zero-order chi connectivity index (χ0) is 27.7. The van der Waals surface area contributed by atoms with Crippen LogP contribution in [0.2, 0.25) is 0 Å². The first-order valence-electron chi connectivity index (χ1n) is 13.4. The van der Waals surface area contributed by atoms with E-state index in [0.29, 0.717) is 6.54 Å². The summed E-state index contributed by atoms with van der Waals surface area (Å²) in [4.78, 5) is 30.1. The highest BCUT2D eigenvalue weighted by Gasteiger charge is 2.36. The molecule has 0 heterocycles. The highest BCUT2D eigenvalue weighted by molar-refractivity contribution is 5.79. The van der Waals surface area contributed by atoms with Crippen LogP contribution in [0.5, 0.6) is 0 Å². The molecule has 0 saturated heterocycles. The molecule has 0 fully saturated rings. The normalized spacial score (nSPS) is 15.9. The van der Waals surface area contributed by atoms with Crippen LogP contribution in [0, 0.1) is 11.8 Å². The molecule has 7 heteroatoms. The van der Waals surface area contributed by atoms with E-state index in [1.165, 1.54) is 0 Å². The molecule has 2 amide bonds. The van der Waals surface area contributed by atoms with E-state index in [1.807, 2.05) is 17.1 Å². The molecule has 5 unspecified atom stereocenters. The molecule has 0 aromatic heterocycles. The van der Waals surface area contributed by atoms with E-state index >= 15 is 0 Å². The van der Waals surface area contributed by atoms with Gasteiger partial charge < -0.3 is 24.6 Å². The molecule has 0 aromatic rings. The van der Waals surface area contributed by atoms with Crippen LogP contribution in [0.1, 0.15) is 66.2 Å². The highest BCUT2D eigenvalue weighted by atomic mass is 16.5. The van der Waals surface area contributed by atoms with Crippen LogP contribution < -0.4 is 5.32 Å². The second-order valence-electron chi connectivity index (χ2n) is 9.65. The van der Waals surface area contributed by atoms with E-state index in [2.05, 4.69) is 46.2 Å². The lowest BCUT2D eigenvalue weighted by Crippen LogP contribution is -2.53. The van der Waals surface area contributed by atoms with Gasteiger partial charge in [0.05, 0.1) is 25.1 Å². The Morgan fingerprint density at radius 1 is 1.06 bits per heavy atom. The van der Waals surface area contributed by atoms with Crippen LogP contribution in [0.15, 0.2) is 37.0 Å². The van der Waals surface area contributed by atoms with Crippen molar-refractivity contribution < 1.29 is 19.1 Å². The summed E-state index contributed by atoms with van der Waals surface area (Å²) in [6.45, 7) is 17.0. The van der Waals surface area contributed by atoms with Crippen LogP contribution in [0.3, 0.4) is 0 Å². The van der Waals surface area contributed by atoms with Crippen molar-refractivity contribution >= 4 is 11.8 Å². The second kappa shape index (κ2) is 19.2. The average Bonchev–Trinajstić information content (AvgIpc) is 2.87. The van der Waals surface area contributed by atoms with Gasteiger partial charge in [0.25, 0.3) is 0 Å². The number of carbonyl (C=O) groups is 2. The van der Waals surface area contributed by atoms with Crippen molar-refractivity contribution in [2.75, 3.05) is 41.4 Å². The number of amides is 2. The first-order chi connectivity index (χ1) is 17.2. The summed E-state index contributed by atoms with van der Waals surface area (Å²) in [7, 11) is 6.85. The lowest BCUT2D eigenvalue weighted by molar-refractivity contribution is -0.154. The fourth-order valence-corrected chi connectivity index (χ4v) is 4.64. The van der Waals surface area contributed by atoms with Crippen molar-refractivity contribution in [3.8, 4) is 0 Å².